The van der Waals surface area contributed by atoms with Gasteiger partial charge in [0.2, 0.25) is 5.91 Å². The zero-order valence-electron chi connectivity index (χ0n) is 20.4. The normalized spacial score (nSPS) is 11.5. The van der Waals surface area contributed by atoms with E-state index in [0.717, 1.165) is 5.56 Å². The number of nitro groups is 1. The van der Waals surface area contributed by atoms with Gasteiger partial charge in [-0.1, -0.05) is 30.3 Å². The molecule has 198 valence electrons. The maximum Gasteiger partial charge on any atom is 0.408 e. The zero-order valence-corrected chi connectivity index (χ0v) is 21.2. The van der Waals surface area contributed by atoms with Crippen LogP contribution in [-0.2, 0) is 25.7 Å². The average molecular weight is 534 g/mol. The van der Waals surface area contributed by atoms with Crippen molar-refractivity contribution in [3.63, 3.8) is 0 Å². The molecule has 0 aromatic heterocycles. The number of nitrogens with zero attached hydrogens (tertiary/aromatic N) is 1. The summed E-state index contributed by atoms with van der Waals surface area (Å²) in [6.45, 7) is 4.52. The number of alkyl carbamates (subject to hydrolysis) is 1. The Morgan fingerprint density at radius 2 is 1.68 bits per heavy atom. The van der Waals surface area contributed by atoms with Crippen molar-refractivity contribution in [2.75, 3.05) is 12.3 Å². The van der Waals surface area contributed by atoms with Crippen LogP contribution in [0.4, 0.5) is 15.3 Å². The molecule has 2 rings (SSSR count). The second-order valence-corrected chi connectivity index (χ2v) is 9.43. The number of carbonyl (C=O) groups excluding carboxylic acids is 4. The lowest BCUT2D eigenvalue weighted by Gasteiger charge is -2.21. The Morgan fingerprint density at radius 1 is 1.03 bits per heavy atom. The van der Waals surface area contributed by atoms with Gasteiger partial charge in [0.25, 0.3) is 5.69 Å². The lowest BCUT2D eigenvalue weighted by atomic mass is 10.2. The predicted octanol–water partition coefficient (Wildman–Crippen LogP) is 3.58. The van der Waals surface area contributed by atoms with Crippen LogP contribution in [0.25, 0.3) is 0 Å². The highest BCUT2D eigenvalue weighted by Crippen LogP contribution is 2.20. The topological polar surface area (TPSA) is 163 Å². The summed E-state index contributed by atoms with van der Waals surface area (Å²) in [4.78, 5) is 59.3. The Morgan fingerprint density at radius 3 is 2.27 bits per heavy atom. The molecule has 1 atom stereocenters. The molecule has 0 saturated carbocycles. The van der Waals surface area contributed by atoms with Crippen LogP contribution in [0.5, 0.6) is 5.75 Å². The van der Waals surface area contributed by atoms with E-state index in [1.54, 1.807) is 45.0 Å². The van der Waals surface area contributed by atoms with E-state index in [9.17, 15) is 29.3 Å². The van der Waals surface area contributed by atoms with E-state index < -0.39 is 46.4 Å². The van der Waals surface area contributed by atoms with Gasteiger partial charge in [-0.2, -0.15) is 0 Å². The molecule has 0 aliphatic carbocycles. The van der Waals surface area contributed by atoms with E-state index in [-0.39, 0.29) is 23.8 Å². The molecular weight excluding hydrogens is 506 g/mol. The fraction of sp³-hybridized carbons (Fsp3) is 0.333. The minimum absolute atomic E-state index is 0.0474. The molecule has 37 heavy (non-hydrogen) atoms. The largest absolute Gasteiger partial charge is 0.459 e. The predicted molar refractivity (Wildman–Crippen MR) is 134 cm³/mol. The maximum atomic E-state index is 12.7. The monoisotopic (exact) mass is 533 g/mol. The van der Waals surface area contributed by atoms with Gasteiger partial charge in [-0.25, -0.2) is 9.59 Å². The van der Waals surface area contributed by atoms with Crippen molar-refractivity contribution in [3.8, 4) is 5.75 Å². The van der Waals surface area contributed by atoms with E-state index in [2.05, 4.69) is 10.6 Å². The number of thioether (sulfide) groups is 1. The van der Waals surface area contributed by atoms with Gasteiger partial charge in [0.05, 0.1) is 4.92 Å². The summed E-state index contributed by atoms with van der Waals surface area (Å²) in [6.07, 6.45) is -0.911. The quantitative estimate of drug-likeness (QED) is 0.262. The Hall–Kier alpha value is -4.13. The Kier molecular flexibility index (Phi) is 10.9. The summed E-state index contributed by atoms with van der Waals surface area (Å²) in [7, 11) is 0. The van der Waals surface area contributed by atoms with Gasteiger partial charge in [-0.15, -0.1) is 0 Å². The molecule has 0 heterocycles. The summed E-state index contributed by atoms with van der Waals surface area (Å²) < 4.78 is 15.4. The lowest BCUT2D eigenvalue weighted by molar-refractivity contribution is -0.384. The Bertz CT molecular complexity index is 1100. The van der Waals surface area contributed by atoms with E-state index in [1.807, 2.05) is 6.07 Å². The van der Waals surface area contributed by atoms with E-state index in [4.69, 9.17) is 14.2 Å². The Labute approximate surface area is 217 Å². The molecule has 2 amide bonds. The summed E-state index contributed by atoms with van der Waals surface area (Å²) in [5.74, 6) is -1.63. The summed E-state index contributed by atoms with van der Waals surface area (Å²) in [5.41, 5.74) is -0.199. The number of esters is 1. The number of nitrogens with one attached hydrogen (secondary N) is 2. The highest BCUT2D eigenvalue weighted by atomic mass is 32.2. The van der Waals surface area contributed by atoms with Gasteiger partial charge in [0.1, 0.15) is 30.5 Å². The van der Waals surface area contributed by atoms with E-state index in [0.29, 0.717) is 11.8 Å². The third-order valence-electron chi connectivity index (χ3n) is 4.26. The smallest absolute Gasteiger partial charge is 0.408 e. The molecule has 0 fully saturated rings. The zero-order chi connectivity index (χ0) is 27.4. The molecule has 13 heteroatoms. The van der Waals surface area contributed by atoms with Crippen LogP contribution in [0.15, 0.2) is 54.6 Å². The molecule has 0 bridgehead atoms. The highest BCUT2D eigenvalue weighted by molar-refractivity contribution is 8.13. The van der Waals surface area contributed by atoms with Crippen molar-refractivity contribution in [1.82, 2.24) is 10.6 Å². The molecule has 0 aliphatic heterocycles. The molecule has 0 spiro atoms. The van der Waals surface area contributed by atoms with Gasteiger partial charge in [0.15, 0.2) is 0 Å². The third-order valence-corrected chi connectivity index (χ3v) is 5.08. The second-order valence-electron chi connectivity index (χ2n) is 8.48. The van der Waals surface area contributed by atoms with Crippen molar-refractivity contribution in [1.29, 1.82) is 0 Å². The molecule has 2 aromatic rings. The van der Waals surface area contributed by atoms with Crippen molar-refractivity contribution < 1.29 is 38.3 Å². The van der Waals surface area contributed by atoms with Crippen LogP contribution in [0.3, 0.4) is 0 Å². The molecule has 12 nitrogen and oxygen atoms in total. The Balaban J connectivity index is 1.96. The number of ether oxygens (including phenoxy) is 3. The van der Waals surface area contributed by atoms with Crippen molar-refractivity contribution in [3.05, 3.63) is 70.3 Å². The molecule has 2 aromatic carbocycles. The molecule has 0 radical (unpaired) electrons. The number of carbonyl (C=O) groups is 4. The van der Waals surface area contributed by atoms with Crippen LogP contribution >= 0.6 is 11.8 Å². The average Bonchev–Trinajstić information content (AvgIpc) is 2.83. The van der Waals surface area contributed by atoms with Gasteiger partial charge in [-0.3, -0.25) is 19.7 Å². The van der Waals surface area contributed by atoms with Crippen LogP contribution in [-0.4, -0.2) is 52.1 Å². The second kappa shape index (κ2) is 13.8. The van der Waals surface area contributed by atoms with Crippen molar-refractivity contribution >= 4 is 40.7 Å². The number of rotatable bonds is 10. The number of amides is 2. The molecule has 0 unspecified atom stereocenters. The fourth-order valence-electron chi connectivity index (χ4n) is 2.66. The summed E-state index contributed by atoms with van der Waals surface area (Å²) >= 11 is 0.577. The SMILES string of the molecule is CC(C)(C)OC(=O)CNC(=O)[C@H](CSC(=O)Oc1ccc([N+](=O)[O-])cc1)NC(=O)OCc1ccccc1. The maximum absolute atomic E-state index is 12.7. The van der Waals surface area contributed by atoms with E-state index >= 15 is 0 Å². The number of nitro benzene ring substituents is 1. The van der Waals surface area contributed by atoms with Crippen LogP contribution in [0.1, 0.15) is 26.3 Å². The van der Waals surface area contributed by atoms with Crippen molar-refractivity contribution in [2.45, 2.75) is 39.0 Å². The number of benzene rings is 2. The standard InChI is InChI=1S/C24H27N3O9S/c1-24(2,3)36-20(28)13-25-21(29)19(26-22(30)34-14-16-7-5-4-6-8-16)15-37-23(31)35-18-11-9-17(10-12-18)27(32)33/h4-12,19H,13-15H2,1-3H3,(H,25,29)(H,26,30)/t19-/m0/s1. The molecule has 0 saturated heterocycles. The van der Waals surface area contributed by atoms with E-state index in [1.165, 1.54) is 24.3 Å². The first-order valence-electron chi connectivity index (χ1n) is 11.0. The minimum atomic E-state index is -1.26. The minimum Gasteiger partial charge on any atom is -0.459 e. The first-order chi connectivity index (χ1) is 17.4. The molecular formula is C24H27N3O9S. The van der Waals surface area contributed by atoms with Crippen LogP contribution in [0, 0.1) is 10.1 Å². The molecule has 2 N–H and O–H groups in total. The van der Waals surface area contributed by atoms with Gasteiger partial charge >= 0.3 is 17.4 Å². The highest BCUT2D eigenvalue weighted by Gasteiger charge is 2.25. The molecule has 0 aliphatic rings. The number of hydrogen-bond acceptors (Lipinski definition) is 10. The fourth-order valence-corrected chi connectivity index (χ4v) is 3.36. The first-order valence-corrected chi connectivity index (χ1v) is 12.0. The van der Waals surface area contributed by atoms with Gasteiger partial charge in [-0.05, 0) is 50.2 Å². The first kappa shape index (κ1) is 29.1. The summed E-state index contributed by atoms with van der Waals surface area (Å²) in [5, 5.41) is 14.6. The van der Waals surface area contributed by atoms with Crippen molar-refractivity contribution in [2.24, 2.45) is 0 Å². The van der Waals surface area contributed by atoms with Gasteiger partial charge < -0.3 is 24.8 Å². The third kappa shape index (κ3) is 11.4. The summed E-state index contributed by atoms with van der Waals surface area (Å²) in [6, 6.07) is 12.4. The number of non-ortho nitro benzene ring substituents is 1. The van der Waals surface area contributed by atoms with Gasteiger partial charge in [0, 0.05) is 17.9 Å². The van der Waals surface area contributed by atoms with Crippen LogP contribution in [0.2, 0.25) is 0 Å². The van der Waals surface area contributed by atoms with Crippen LogP contribution < -0.4 is 15.4 Å². The number of hydrogen-bond donors (Lipinski definition) is 2. The lowest BCUT2D eigenvalue weighted by Crippen LogP contribution is -2.50.